The number of non-ortho nitro benzene ring substituents is 1. The Morgan fingerprint density at radius 3 is 2.37 bits per heavy atom. The molecule has 0 heterocycles. The Kier molecular flexibility index (Phi) is 5.44. The molecular weight excluding hydrogens is 248 g/mol. The molecular formula is C13H18N2O4. The maximum absolute atomic E-state index is 11.7. The van der Waals surface area contributed by atoms with Gasteiger partial charge in [-0.3, -0.25) is 10.1 Å². The third kappa shape index (κ3) is 5.05. The van der Waals surface area contributed by atoms with Crippen LogP contribution in [0.4, 0.5) is 5.69 Å². The summed E-state index contributed by atoms with van der Waals surface area (Å²) in [6, 6.07) is 5.72. The molecule has 1 atom stereocenters. The second-order valence-electron chi connectivity index (χ2n) is 4.62. The van der Waals surface area contributed by atoms with Gasteiger partial charge in [-0.25, -0.2) is 4.79 Å². The zero-order valence-corrected chi connectivity index (χ0v) is 11.3. The van der Waals surface area contributed by atoms with Crippen LogP contribution in [0.5, 0.6) is 0 Å². The number of esters is 1. The summed E-state index contributed by atoms with van der Waals surface area (Å²) in [6.45, 7) is 6.19. The predicted molar refractivity (Wildman–Crippen MR) is 71.1 cm³/mol. The number of rotatable bonds is 6. The molecule has 0 aliphatic carbocycles. The van der Waals surface area contributed by atoms with Gasteiger partial charge in [-0.15, -0.1) is 0 Å². The third-order valence-electron chi connectivity index (χ3n) is 2.40. The summed E-state index contributed by atoms with van der Waals surface area (Å²) in [7, 11) is 0. The van der Waals surface area contributed by atoms with E-state index in [1.54, 1.807) is 0 Å². The Hall–Kier alpha value is -1.95. The topological polar surface area (TPSA) is 81.5 Å². The lowest BCUT2D eigenvalue weighted by molar-refractivity contribution is -0.384. The van der Waals surface area contributed by atoms with Crippen molar-refractivity contribution < 1.29 is 14.5 Å². The van der Waals surface area contributed by atoms with Gasteiger partial charge in [0.15, 0.2) is 0 Å². The fourth-order valence-electron chi connectivity index (χ4n) is 1.62. The van der Waals surface area contributed by atoms with Crippen LogP contribution >= 0.6 is 0 Å². The molecule has 0 bridgehead atoms. The van der Waals surface area contributed by atoms with E-state index >= 15 is 0 Å². The minimum atomic E-state index is -0.510. The summed E-state index contributed by atoms with van der Waals surface area (Å²) in [5.41, 5.74) is 0.258. The van der Waals surface area contributed by atoms with Gasteiger partial charge in [0.05, 0.1) is 10.5 Å². The summed E-state index contributed by atoms with van der Waals surface area (Å²) in [6.07, 6.45) is 0. The molecule has 0 aliphatic rings. The van der Waals surface area contributed by atoms with Gasteiger partial charge < -0.3 is 10.1 Å². The van der Waals surface area contributed by atoms with Gasteiger partial charge in [0, 0.05) is 24.2 Å². The van der Waals surface area contributed by atoms with Crippen LogP contribution in [0.25, 0.3) is 0 Å². The van der Waals surface area contributed by atoms with Crippen molar-refractivity contribution in [2.24, 2.45) is 0 Å². The van der Waals surface area contributed by atoms with E-state index in [0.29, 0.717) is 11.6 Å². The highest BCUT2D eigenvalue weighted by Gasteiger charge is 2.12. The molecule has 19 heavy (non-hydrogen) atoms. The first kappa shape index (κ1) is 15.1. The summed E-state index contributed by atoms with van der Waals surface area (Å²) >= 11 is 0. The number of ether oxygens (including phenoxy) is 1. The van der Waals surface area contributed by atoms with Crippen molar-refractivity contribution in [2.75, 3.05) is 6.61 Å². The predicted octanol–water partition coefficient (Wildman–Crippen LogP) is 2.14. The second kappa shape index (κ2) is 6.84. The molecule has 0 radical (unpaired) electrons. The largest absolute Gasteiger partial charge is 0.460 e. The maximum atomic E-state index is 11.7. The number of nitro groups is 1. The highest BCUT2D eigenvalue weighted by atomic mass is 16.6. The Balaban J connectivity index is 2.52. The lowest BCUT2D eigenvalue weighted by atomic mass is 10.2. The summed E-state index contributed by atoms with van der Waals surface area (Å²) in [5, 5.41) is 13.7. The van der Waals surface area contributed by atoms with Crippen molar-refractivity contribution in [3.8, 4) is 0 Å². The zero-order chi connectivity index (χ0) is 14.4. The minimum absolute atomic E-state index is 0.0496. The molecule has 6 nitrogen and oxygen atoms in total. The molecule has 1 aromatic rings. The fraction of sp³-hybridized carbons (Fsp3) is 0.462. The van der Waals surface area contributed by atoms with Gasteiger partial charge in [0.2, 0.25) is 0 Å². The van der Waals surface area contributed by atoms with Gasteiger partial charge >= 0.3 is 5.97 Å². The van der Waals surface area contributed by atoms with E-state index in [2.05, 4.69) is 5.32 Å². The number of hydrogen-bond acceptors (Lipinski definition) is 5. The number of carbonyl (C=O) groups is 1. The van der Waals surface area contributed by atoms with Gasteiger partial charge in [0.25, 0.3) is 5.69 Å². The Morgan fingerprint density at radius 2 is 1.89 bits per heavy atom. The number of nitro benzene ring substituents is 1. The van der Waals surface area contributed by atoms with Crippen molar-refractivity contribution in [2.45, 2.75) is 32.9 Å². The Bertz CT molecular complexity index is 442. The zero-order valence-electron chi connectivity index (χ0n) is 11.3. The molecule has 0 fully saturated rings. The van der Waals surface area contributed by atoms with Crippen molar-refractivity contribution >= 4 is 11.7 Å². The summed E-state index contributed by atoms with van der Waals surface area (Å²) in [4.78, 5) is 21.7. The number of hydrogen-bond donors (Lipinski definition) is 1. The van der Waals surface area contributed by atoms with Crippen LogP contribution in [0, 0.1) is 10.1 Å². The van der Waals surface area contributed by atoms with Gasteiger partial charge in [-0.05, 0) is 19.1 Å². The van der Waals surface area contributed by atoms with Crippen LogP contribution in [-0.4, -0.2) is 29.6 Å². The van der Waals surface area contributed by atoms with Gasteiger partial charge in [-0.2, -0.15) is 0 Å². The number of carbonyl (C=O) groups excluding carboxylic acids is 1. The summed E-state index contributed by atoms with van der Waals surface area (Å²) in [5.74, 6) is -0.479. The molecule has 0 unspecified atom stereocenters. The first-order valence-corrected chi connectivity index (χ1v) is 6.07. The Morgan fingerprint density at radius 1 is 1.32 bits per heavy atom. The second-order valence-corrected chi connectivity index (χ2v) is 4.62. The lowest BCUT2D eigenvalue weighted by Gasteiger charge is -2.16. The van der Waals surface area contributed by atoms with Crippen molar-refractivity contribution in [3.63, 3.8) is 0 Å². The van der Waals surface area contributed by atoms with Crippen LogP contribution in [0.1, 0.15) is 31.1 Å². The SMILES string of the molecule is CC(C)N[C@H](C)COC(=O)c1ccc([N+](=O)[O-])cc1. The van der Waals surface area contributed by atoms with E-state index in [4.69, 9.17) is 4.74 Å². The van der Waals surface area contributed by atoms with Crippen LogP contribution in [0.2, 0.25) is 0 Å². The molecule has 0 amide bonds. The lowest BCUT2D eigenvalue weighted by Crippen LogP contribution is -2.36. The molecule has 1 N–H and O–H groups in total. The van der Waals surface area contributed by atoms with Crippen LogP contribution < -0.4 is 5.32 Å². The summed E-state index contributed by atoms with van der Waals surface area (Å²) < 4.78 is 5.12. The minimum Gasteiger partial charge on any atom is -0.460 e. The smallest absolute Gasteiger partial charge is 0.338 e. The molecule has 1 rings (SSSR count). The van der Waals surface area contributed by atoms with Crippen LogP contribution in [-0.2, 0) is 4.74 Å². The molecule has 0 aromatic heterocycles. The monoisotopic (exact) mass is 266 g/mol. The van der Waals surface area contributed by atoms with Crippen molar-refractivity contribution in [3.05, 3.63) is 39.9 Å². The molecule has 104 valence electrons. The van der Waals surface area contributed by atoms with E-state index in [0.717, 1.165) is 0 Å². The average Bonchev–Trinajstić information content (AvgIpc) is 2.35. The fourth-order valence-corrected chi connectivity index (χ4v) is 1.62. The van der Waals surface area contributed by atoms with E-state index in [1.165, 1.54) is 24.3 Å². The number of nitrogens with zero attached hydrogens (tertiary/aromatic N) is 1. The van der Waals surface area contributed by atoms with Crippen molar-refractivity contribution in [1.82, 2.24) is 5.32 Å². The van der Waals surface area contributed by atoms with Crippen LogP contribution in [0.15, 0.2) is 24.3 Å². The Labute approximate surface area is 111 Å². The van der Waals surface area contributed by atoms with Crippen molar-refractivity contribution in [1.29, 1.82) is 0 Å². The first-order valence-electron chi connectivity index (χ1n) is 6.07. The van der Waals surface area contributed by atoms with Gasteiger partial charge in [-0.1, -0.05) is 13.8 Å². The third-order valence-corrected chi connectivity index (χ3v) is 2.40. The molecule has 0 spiro atoms. The van der Waals surface area contributed by atoms with E-state index in [9.17, 15) is 14.9 Å². The first-order chi connectivity index (χ1) is 8.90. The quantitative estimate of drug-likeness (QED) is 0.484. The standard InChI is InChI=1S/C13H18N2O4/c1-9(2)14-10(3)8-19-13(16)11-4-6-12(7-5-11)15(17)18/h4-7,9-10,14H,8H2,1-3H3/t10-/m1/s1. The molecule has 0 saturated heterocycles. The molecule has 0 saturated carbocycles. The van der Waals surface area contributed by atoms with E-state index < -0.39 is 10.9 Å². The highest BCUT2D eigenvalue weighted by molar-refractivity contribution is 5.89. The maximum Gasteiger partial charge on any atom is 0.338 e. The number of benzene rings is 1. The molecule has 6 heteroatoms. The highest BCUT2D eigenvalue weighted by Crippen LogP contribution is 2.12. The van der Waals surface area contributed by atoms with E-state index in [-0.39, 0.29) is 18.3 Å². The van der Waals surface area contributed by atoms with E-state index in [1.807, 2.05) is 20.8 Å². The van der Waals surface area contributed by atoms with Crippen LogP contribution in [0.3, 0.4) is 0 Å². The number of nitrogens with one attached hydrogen (secondary N) is 1. The molecule has 1 aromatic carbocycles. The molecule has 0 aliphatic heterocycles. The average molecular weight is 266 g/mol. The normalized spacial score (nSPS) is 12.2. The van der Waals surface area contributed by atoms with Gasteiger partial charge in [0.1, 0.15) is 6.61 Å².